The molecule has 0 bridgehead atoms. The molecule has 0 unspecified atom stereocenters. The Morgan fingerprint density at radius 2 is 0.824 bits per heavy atom. The fraction of sp³-hybridized carbons (Fsp3) is 0.0625. The quantitative estimate of drug-likeness (QED) is 0.217. The average Bonchev–Trinajstić information content (AvgIpc) is 2.87. The van der Waals surface area contributed by atoms with E-state index < -0.39 is 0 Å². The Kier molecular flexibility index (Phi) is 4.92. The molecular weight excluding hydrogens is 412 g/mol. The lowest BCUT2D eigenvalue weighted by atomic mass is 9.89. The van der Waals surface area contributed by atoms with Gasteiger partial charge in [-0.25, -0.2) is 9.13 Å². The predicted octanol–water partition coefficient (Wildman–Crippen LogP) is 6.57. The molecule has 2 aromatic heterocycles. The van der Waals surface area contributed by atoms with Crippen LogP contribution in [0, 0.1) is 0 Å². The molecule has 2 nitrogen and oxygen atoms in total. The summed E-state index contributed by atoms with van der Waals surface area (Å²) in [7, 11) is 4.08. The first-order valence-electron chi connectivity index (χ1n) is 11.6. The van der Waals surface area contributed by atoms with E-state index in [1.54, 1.807) is 0 Å². The van der Waals surface area contributed by atoms with Gasteiger partial charge in [-0.3, -0.25) is 0 Å². The van der Waals surface area contributed by atoms with Gasteiger partial charge in [0.15, 0.2) is 24.8 Å². The number of pyridine rings is 2. The summed E-state index contributed by atoms with van der Waals surface area (Å²) < 4.78 is 4.11. The largest absolute Gasteiger partial charge is 0.208 e. The molecule has 0 aliphatic rings. The van der Waals surface area contributed by atoms with Crippen LogP contribution in [-0.4, -0.2) is 0 Å². The molecule has 6 aromatic rings. The van der Waals surface area contributed by atoms with Crippen molar-refractivity contribution in [3.63, 3.8) is 0 Å². The summed E-state index contributed by atoms with van der Waals surface area (Å²) in [5.41, 5.74) is 4.89. The highest BCUT2D eigenvalue weighted by Gasteiger charge is 2.11. The first-order valence-corrected chi connectivity index (χ1v) is 11.6. The lowest BCUT2D eigenvalue weighted by Gasteiger charge is -2.14. The number of hydrogen-bond acceptors (Lipinski definition) is 0. The van der Waals surface area contributed by atoms with Crippen molar-refractivity contribution in [2.24, 2.45) is 14.1 Å². The van der Waals surface area contributed by atoms with Gasteiger partial charge < -0.3 is 0 Å². The molecule has 2 heteroatoms. The molecule has 0 saturated carbocycles. The molecule has 0 N–H and O–H groups in total. The average molecular weight is 439 g/mol. The number of hydrogen-bond donors (Lipinski definition) is 0. The van der Waals surface area contributed by atoms with Gasteiger partial charge in [0.1, 0.15) is 14.1 Å². The van der Waals surface area contributed by atoms with E-state index in [1.807, 2.05) is 14.1 Å². The van der Waals surface area contributed by atoms with Crippen LogP contribution < -0.4 is 9.13 Å². The second-order valence-corrected chi connectivity index (χ2v) is 8.99. The Labute approximate surface area is 199 Å². The van der Waals surface area contributed by atoms with Crippen LogP contribution in [0.15, 0.2) is 97.6 Å². The highest BCUT2D eigenvalue weighted by atomic mass is 14.9. The van der Waals surface area contributed by atoms with Crippen LogP contribution in [-0.2, 0) is 14.1 Å². The van der Waals surface area contributed by atoms with E-state index in [4.69, 9.17) is 0 Å². The van der Waals surface area contributed by atoms with Gasteiger partial charge in [0.05, 0.1) is 0 Å². The van der Waals surface area contributed by atoms with Crippen molar-refractivity contribution in [3.05, 3.63) is 120 Å². The van der Waals surface area contributed by atoms with Crippen LogP contribution in [0.4, 0.5) is 0 Å². The maximum atomic E-state index is 2.27. The Balaban J connectivity index is 1.49. The van der Waals surface area contributed by atoms with Crippen molar-refractivity contribution in [3.8, 4) is 0 Å². The zero-order valence-electron chi connectivity index (χ0n) is 19.4. The van der Waals surface area contributed by atoms with Crippen molar-refractivity contribution in [1.82, 2.24) is 0 Å². The molecule has 34 heavy (non-hydrogen) atoms. The Bertz CT molecular complexity index is 1560. The minimum absolute atomic E-state index is 1.20. The van der Waals surface area contributed by atoms with Gasteiger partial charge >= 0.3 is 0 Å². The third-order valence-electron chi connectivity index (χ3n) is 6.65. The number of rotatable bonds is 4. The van der Waals surface area contributed by atoms with Crippen LogP contribution >= 0.6 is 0 Å². The Hall–Kier alpha value is -4.30. The van der Waals surface area contributed by atoms with Gasteiger partial charge in [0.25, 0.3) is 0 Å². The molecule has 0 aliphatic heterocycles. The number of nitrogens with zero attached hydrogens (tertiary/aromatic N) is 2. The highest BCUT2D eigenvalue weighted by Crippen LogP contribution is 2.38. The Morgan fingerprint density at radius 3 is 1.24 bits per heavy atom. The molecule has 0 amide bonds. The van der Waals surface area contributed by atoms with Gasteiger partial charge in [0.2, 0.25) is 0 Å². The van der Waals surface area contributed by atoms with E-state index in [0.717, 1.165) is 0 Å². The molecule has 6 rings (SSSR count). The summed E-state index contributed by atoms with van der Waals surface area (Å²) in [5, 5.41) is 7.86. The van der Waals surface area contributed by atoms with Crippen LogP contribution in [0.2, 0.25) is 0 Å². The molecule has 0 fully saturated rings. The van der Waals surface area contributed by atoms with Gasteiger partial charge in [-0.15, -0.1) is 0 Å². The van der Waals surface area contributed by atoms with Crippen molar-refractivity contribution in [1.29, 1.82) is 0 Å². The van der Waals surface area contributed by atoms with E-state index in [2.05, 4.69) is 131 Å². The van der Waals surface area contributed by atoms with Crippen molar-refractivity contribution in [2.45, 2.75) is 0 Å². The molecule has 4 aromatic carbocycles. The summed E-state index contributed by atoms with van der Waals surface area (Å²) in [6, 6.07) is 26.6. The smallest absolute Gasteiger partial charge is 0.169 e. The van der Waals surface area contributed by atoms with Crippen LogP contribution in [0.3, 0.4) is 0 Å². The normalized spacial score (nSPS) is 12.2. The molecule has 2 heterocycles. The second-order valence-electron chi connectivity index (χ2n) is 8.99. The van der Waals surface area contributed by atoms with Gasteiger partial charge in [-0.05, 0) is 54.6 Å². The number of aryl methyl sites for hydroxylation is 2. The molecule has 0 radical (unpaired) electrons. The number of aromatic nitrogens is 2. The van der Waals surface area contributed by atoms with E-state index in [-0.39, 0.29) is 0 Å². The predicted molar refractivity (Wildman–Crippen MR) is 143 cm³/mol. The third-order valence-corrected chi connectivity index (χ3v) is 6.65. The fourth-order valence-electron chi connectivity index (χ4n) is 4.76. The van der Waals surface area contributed by atoms with Crippen LogP contribution in [0.25, 0.3) is 56.6 Å². The van der Waals surface area contributed by atoms with Crippen LogP contribution in [0.5, 0.6) is 0 Å². The summed E-state index contributed by atoms with van der Waals surface area (Å²) in [4.78, 5) is 0. The first-order chi connectivity index (χ1) is 16.7. The summed E-state index contributed by atoms with van der Waals surface area (Å²) in [5.74, 6) is 0. The lowest BCUT2D eigenvalue weighted by Crippen LogP contribution is -2.25. The van der Waals surface area contributed by atoms with Gasteiger partial charge in [0, 0.05) is 24.3 Å². The maximum absolute atomic E-state index is 2.27. The lowest BCUT2D eigenvalue weighted by molar-refractivity contribution is -0.671. The highest BCUT2D eigenvalue weighted by molar-refractivity contribution is 6.25. The minimum Gasteiger partial charge on any atom is -0.208 e. The molecule has 0 saturated heterocycles. The van der Waals surface area contributed by atoms with E-state index >= 15 is 0 Å². The summed E-state index contributed by atoms with van der Waals surface area (Å²) in [6.45, 7) is 0. The van der Waals surface area contributed by atoms with E-state index in [9.17, 15) is 0 Å². The van der Waals surface area contributed by atoms with Gasteiger partial charge in [-0.1, -0.05) is 72.8 Å². The Morgan fingerprint density at radius 1 is 0.441 bits per heavy atom. The SMILES string of the molecule is C[n+]1ccc(/C=C/c2ccc3ccc4c(/C=C/c5cc[n+](C)cc5)ccc5ccc2c3c54)cc1. The van der Waals surface area contributed by atoms with E-state index in [1.165, 1.54) is 54.6 Å². The molecule has 162 valence electrons. The zero-order chi connectivity index (χ0) is 23.1. The van der Waals surface area contributed by atoms with Gasteiger partial charge in [-0.2, -0.15) is 0 Å². The zero-order valence-corrected chi connectivity index (χ0v) is 19.4. The fourth-order valence-corrected chi connectivity index (χ4v) is 4.76. The molecule has 0 aliphatic carbocycles. The number of benzene rings is 4. The topological polar surface area (TPSA) is 7.76 Å². The third kappa shape index (κ3) is 3.64. The van der Waals surface area contributed by atoms with Crippen molar-refractivity contribution in [2.75, 3.05) is 0 Å². The van der Waals surface area contributed by atoms with E-state index in [0.29, 0.717) is 0 Å². The minimum atomic E-state index is 1.20. The molecule has 0 spiro atoms. The molecular formula is C32H26N2+2. The van der Waals surface area contributed by atoms with Crippen molar-refractivity contribution < 1.29 is 9.13 Å². The molecule has 0 atom stereocenters. The standard InChI is InChI=1S/C32H26N2/c1-33-19-15-23(16-20-33)3-5-25-7-9-27-12-14-30-26(6-4-24-17-21-34(2)22-18-24)8-10-28-11-13-29(25)31(27)32(28)30/h3-22H,1-2H3/q+2/b5-3+,6-4+. The first kappa shape index (κ1) is 20.3. The second kappa shape index (κ2) is 8.24. The summed E-state index contributed by atoms with van der Waals surface area (Å²) in [6.07, 6.45) is 17.2. The maximum Gasteiger partial charge on any atom is 0.169 e. The van der Waals surface area contributed by atoms with Crippen LogP contribution in [0.1, 0.15) is 22.3 Å². The van der Waals surface area contributed by atoms with Crippen molar-refractivity contribution >= 4 is 56.6 Å². The monoisotopic (exact) mass is 438 g/mol. The summed E-state index contributed by atoms with van der Waals surface area (Å²) >= 11 is 0.